The second-order valence-electron chi connectivity index (χ2n) is 1.68. The van der Waals surface area contributed by atoms with E-state index in [1.54, 1.807) is 6.92 Å². The number of carbonyl (C=O) groups is 1. The Balaban J connectivity index is 3.08. The highest BCUT2D eigenvalue weighted by Crippen LogP contribution is 1.91. The average molecular weight is 125 g/mol. The molecule has 0 aliphatic carbocycles. The zero-order valence-electron chi connectivity index (χ0n) is 5.03. The number of primary amides is 1. The molecule has 0 unspecified atom stereocenters. The largest absolute Gasteiger partial charge is 0.351 e. The Morgan fingerprint density at radius 3 is 2.78 bits per heavy atom. The first-order valence-electron chi connectivity index (χ1n) is 2.51. The molecular weight excluding hydrogens is 118 g/mol. The van der Waals surface area contributed by atoms with Gasteiger partial charge in [0, 0.05) is 12.4 Å². The Morgan fingerprint density at radius 2 is 2.56 bits per heavy atom. The van der Waals surface area contributed by atoms with Gasteiger partial charge in [-0.25, -0.2) is 9.78 Å². The second-order valence-corrected chi connectivity index (χ2v) is 1.68. The average Bonchev–Trinajstić information content (AvgIpc) is 2.13. The molecule has 1 aromatic rings. The van der Waals surface area contributed by atoms with E-state index >= 15 is 0 Å². The van der Waals surface area contributed by atoms with Gasteiger partial charge in [-0.2, -0.15) is 0 Å². The third kappa shape index (κ3) is 0.910. The SMILES string of the molecule is Cc1nccn1C(N)=O. The number of aryl methyl sites for hydroxylation is 1. The number of carbonyl (C=O) groups excluding carboxylic acids is 1. The van der Waals surface area contributed by atoms with Crippen molar-refractivity contribution in [2.75, 3.05) is 0 Å². The molecular formula is C5H7N3O. The van der Waals surface area contributed by atoms with Crippen LogP contribution in [-0.4, -0.2) is 15.6 Å². The van der Waals surface area contributed by atoms with E-state index in [1.807, 2.05) is 0 Å². The number of nitrogens with two attached hydrogens (primary N) is 1. The minimum absolute atomic E-state index is 0.495. The minimum atomic E-state index is -0.495. The molecule has 1 aromatic heterocycles. The van der Waals surface area contributed by atoms with Gasteiger partial charge in [0.15, 0.2) is 0 Å². The molecule has 4 nitrogen and oxygen atoms in total. The number of amides is 1. The van der Waals surface area contributed by atoms with Gasteiger partial charge in [-0.1, -0.05) is 0 Å². The van der Waals surface area contributed by atoms with Crippen molar-refractivity contribution in [3.05, 3.63) is 18.2 Å². The zero-order chi connectivity index (χ0) is 6.85. The zero-order valence-corrected chi connectivity index (χ0v) is 5.03. The van der Waals surface area contributed by atoms with Crippen molar-refractivity contribution in [2.45, 2.75) is 6.92 Å². The van der Waals surface area contributed by atoms with Crippen molar-refractivity contribution in [1.82, 2.24) is 9.55 Å². The third-order valence-electron chi connectivity index (χ3n) is 1.06. The van der Waals surface area contributed by atoms with Crippen LogP contribution in [-0.2, 0) is 0 Å². The van der Waals surface area contributed by atoms with Gasteiger partial charge in [0.05, 0.1) is 0 Å². The topological polar surface area (TPSA) is 60.9 Å². The number of imidazole rings is 1. The van der Waals surface area contributed by atoms with Crippen molar-refractivity contribution in [1.29, 1.82) is 0 Å². The van der Waals surface area contributed by atoms with Crippen molar-refractivity contribution >= 4 is 6.03 Å². The molecule has 0 aromatic carbocycles. The van der Waals surface area contributed by atoms with Crippen LogP contribution in [0.5, 0.6) is 0 Å². The molecule has 0 bridgehead atoms. The van der Waals surface area contributed by atoms with Gasteiger partial charge < -0.3 is 5.73 Å². The molecule has 1 heterocycles. The van der Waals surface area contributed by atoms with E-state index in [9.17, 15) is 4.79 Å². The Bertz CT molecular complexity index is 228. The summed E-state index contributed by atoms with van der Waals surface area (Å²) in [7, 11) is 0. The highest BCUT2D eigenvalue weighted by atomic mass is 16.2. The normalized spacial score (nSPS) is 9.44. The molecule has 0 saturated carbocycles. The van der Waals surface area contributed by atoms with E-state index in [1.165, 1.54) is 17.0 Å². The molecule has 48 valence electrons. The number of nitrogens with zero attached hydrogens (tertiary/aromatic N) is 2. The van der Waals surface area contributed by atoms with Crippen LogP contribution in [0.3, 0.4) is 0 Å². The fraction of sp³-hybridized carbons (Fsp3) is 0.200. The maximum Gasteiger partial charge on any atom is 0.324 e. The van der Waals surface area contributed by atoms with E-state index in [4.69, 9.17) is 5.73 Å². The Morgan fingerprint density at radius 1 is 1.89 bits per heavy atom. The number of hydrogen-bond acceptors (Lipinski definition) is 2. The van der Waals surface area contributed by atoms with E-state index in [0.29, 0.717) is 5.82 Å². The molecule has 0 atom stereocenters. The fourth-order valence-corrected chi connectivity index (χ4v) is 0.611. The van der Waals surface area contributed by atoms with Gasteiger partial charge in [0.25, 0.3) is 0 Å². The van der Waals surface area contributed by atoms with Gasteiger partial charge in [0.1, 0.15) is 5.82 Å². The van der Waals surface area contributed by atoms with E-state index in [-0.39, 0.29) is 0 Å². The van der Waals surface area contributed by atoms with Crippen LogP contribution < -0.4 is 5.73 Å². The van der Waals surface area contributed by atoms with Gasteiger partial charge in [0.2, 0.25) is 0 Å². The summed E-state index contributed by atoms with van der Waals surface area (Å²) in [5, 5.41) is 0. The van der Waals surface area contributed by atoms with Crippen molar-refractivity contribution in [3.8, 4) is 0 Å². The molecule has 0 spiro atoms. The lowest BCUT2D eigenvalue weighted by Crippen LogP contribution is -2.19. The van der Waals surface area contributed by atoms with E-state index in [2.05, 4.69) is 4.98 Å². The summed E-state index contributed by atoms with van der Waals surface area (Å²) in [5.74, 6) is 0.613. The summed E-state index contributed by atoms with van der Waals surface area (Å²) >= 11 is 0. The Kier molecular flexibility index (Phi) is 1.22. The maximum absolute atomic E-state index is 10.4. The summed E-state index contributed by atoms with van der Waals surface area (Å²) in [6.07, 6.45) is 3.05. The highest BCUT2D eigenvalue weighted by molar-refractivity contribution is 5.75. The molecule has 2 N–H and O–H groups in total. The van der Waals surface area contributed by atoms with Crippen LogP contribution in [0.15, 0.2) is 12.4 Å². The first kappa shape index (κ1) is 5.81. The van der Waals surface area contributed by atoms with Crippen LogP contribution >= 0.6 is 0 Å². The molecule has 1 amide bonds. The van der Waals surface area contributed by atoms with Crippen molar-refractivity contribution in [2.24, 2.45) is 5.73 Å². The molecule has 0 fully saturated rings. The first-order chi connectivity index (χ1) is 4.22. The molecule has 0 saturated heterocycles. The molecule has 1 rings (SSSR count). The van der Waals surface area contributed by atoms with Crippen molar-refractivity contribution < 1.29 is 4.79 Å². The number of hydrogen-bond donors (Lipinski definition) is 1. The highest BCUT2D eigenvalue weighted by Gasteiger charge is 1.99. The monoisotopic (exact) mass is 125 g/mol. The van der Waals surface area contributed by atoms with Gasteiger partial charge in [-0.15, -0.1) is 0 Å². The molecule has 0 aliphatic heterocycles. The van der Waals surface area contributed by atoms with Crippen LogP contribution in [0.4, 0.5) is 4.79 Å². The smallest absolute Gasteiger partial charge is 0.324 e. The maximum atomic E-state index is 10.4. The number of rotatable bonds is 0. The standard InChI is InChI=1S/C5H7N3O/c1-4-7-2-3-8(4)5(6)9/h2-3H,1H3,(H2,6,9). The molecule has 9 heavy (non-hydrogen) atoms. The molecule has 0 aliphatic rings. The van der Waals surface area contributed by atoms with Gasteiger partial charge in [-0.05, 0) is 6.92 Å². The summed E-state index contributed by atoms with van der Waals surface area (Å²) in [5.41, 5.74) is 4.94. The summed E-state index contributed by atoms with van der Waals surface area (Å²) in [6.45, 7) is 1.71. The van der Waals surface area contributed by atoms with E-state index < -0.39 is 6.03 Å². The quantitative estimate of drug-likeness (QED) is 0.535. The predicted octanol–water partition coefficient (Wildman–Crippen LogP) is 0.118. The first-order valence-corrected chi connectivity index (χ1v) is 2.51. The van der Waals surface area contributed by atoms with Crippen LogP contribution in [0.1, 0.15) is 5.82 Å². The van der Waals surface area contributed by atoms with Gasteiger partial charge in [-0.3, -0.25) is 4.57 Å². The number of aromatic nitrogens is 2. The lowest BCUT2D eigenvalue weighted by Gasteiger charge is -1.93. The Hall–Kier alpha value is -1.32. The van der Waals surface area contributed by atoms with Crippen molar-refractivity contribution in [3.63, 3.8) is 0 Å². The fourth-order valence-electron chi connectivity index (χ4n) is 0.611. The van der Waals surface area contributed by atoms with Crippen LogP contribution in [0, 0.1) is 6.92 Å². The summed E-state index contributed by atoms with van der Waals surface area (Å²) in [6, 6.07) is -0.495. The molecule has 4 heteroatoms. The van der Waals surface area contributed by atoms with Crippen LogP contribution in [0.25, 0.3) is 0 Å². The third-order valence-corrected chi connectivity index (χ3v) is 1.06. The second kappa shape index (κ2) is 1.89. The van der Waals surface area contributed by atoms with Crippen LogP contribution in [0.2, 0.25) is 0 Å². The van der Waals surface area contributed by atoms with E-state index in [0.717, 1.165) is 0 Å². The Labute approximate surface area is 52.3 Å². The molecule has 0 radical (unpaired) electrons. The summed E-state index contributed by atoms with van der Waals surface area (Å²) < 4.78 is 1.28. The lowest BCUT2D eigenvalue weighted by atomic mass is 10.7. The predicted molar refractivity (Wildman–Crippen MR) is 31.9 cm³/mol. The lowest BCUT2D eigenvalue weighted by molar-refractivity contribution is 0.250. The minimum Gasteiger partial charge on any atom is -0.351 e. The van der Waals surface area contributed by atoms with Gasteiger partial charge >= 0.3 is 6.03 Å². The summed E-state index contributed by atoms with van der Waals surface area (Å²) in [4.78, 5) is 14.2.